The van der Waals surface area contributed by atoms with Gasteiger partial charge in [0.05, 0.1) is 16.0 Å². The Balaban J connectivity index is 1.59. The lowest BCUT2D eigenvalue weighted by molar-refractivity contribution is -0.0104. The number of para-hydroxylation sites is 1. The van der Waals surface area contributed by atoms with Crippen LogP contribution in [-0.2, 0) is 14.4 Å². The average Bonchev–Trinajstić information content (AvgIpc) is 2.93. The van der Waals surface area contributed by atoms with Crippen molar-refractivity contribution in [3.8, 4) is 11.5 Å². The number of hydroxylamine groups is 2. The van der Waals surface area contributed by atoms with Gasteiger partial charge in [0.15, 0.2) is 0 Å². The molecular formula is C21H15NO6S. The molecule has 0 saturated heterocycles. The van der Waals surface area contributed by atoms with Gasteiger partial charge in [0.1, 0.15) is 11.5 Å². The smallest absolute Gasteiger partial charge is 0.318 e. The first-order valence-electron chi connectivity index (χ1n) is 8.62. The number of hydrogen-bond acceptors (Lipinski definition) is 6. The van der Waals surface area contributed by atoms with Gasteiger partial charge in [-0.3, -0.25) is 9.59 Å². The highest BCUT2D eigenvalue weighted by molar-refractivity contribution is 7.86. The Morgan fingerprint density at radius 1 is 0.759 bits per heavy atom. The fraction of sp³-hybridized carbons (Fsp3) is 0.0476. The van der Waals surface area contributed by atoms with Gasteiger partial charge in [0.25, 0.3) is 11.8 Å². The van der Waals surface area contributed by atoms with Crippen molar-refractivity contribution < 1.29 is 27.0 Å². The molecular weight excluding hydrogens is 394 g/mol. The van der Waals surface area contributed by atoms with Crippen molar-refractivity contribution in [2.75, 3.05) is 0 Å². The fourth-order valence-corrected chi connectivity index (χ4v) is 3.69. The van der Waals surface area contributed by atoms with Crippen molar-refractivity contribution in [1.29, 1.82) is 0 Å². The van der Waals surface area contributed by atoms with Gasteiger partial charge < -0.3 is 4.74 Å². The summed E-state index contributed by atoms with van der Waals surface area (Å²) in [6.45, 7) is 1.80. The molecule has 0 aromatic heterocycles. The van der Waals surface area contributed by atoms with Gasteiger partial charge in [-0.2, -0.15) is 8.42 Å². The predicted octanol–water partition coefficient (Wildman–Crippen LogP) is 3.70. The van der Waals surface area contributed by atoms with E-state index >= 15 is 0 Å². The van der Waals surface area contributed by atoms with E-state index in [1.807, 2.05) is 6.07 Å². The van der Waals surface area contributed by atoms with E-state index in [1.54, 1.807) is 43.3 Å². The summed E-state index contributed by atoms with van der Waals surface area (Å²) in [6, 6.07) is 19.1. The molecule has 8 heteroatoms. The SMILES string of the molecule is Cc1ccc(S(=O)(=O)ON2C(=O)c3ccc(Oc4ccccc4)cc3C2=O)cc1. The predicted molar refractivity (Wildman–Crippen MR) is 103 cm³/mol. The van der Waals surface area contributed by atoms with Crippen molar-refractivity contribution in [1.82, 2.24) is 5.06 Å². The van der Waals surface area contributed by atoms with E-state index in [-0.39, 0.29) is 21.1 Å². The molecule has 2 amide bonds. The highest BCUT2D eigenvalue weighted by Gasteiger charge is 2.40. The molecule has 1 heterocycles. The Labute approximate surface area is 167 Å². The molecule has 0 N–H and O–H groups in total. The van der Waals surface area contributed by atoms with E-state index in [2.05, 4.69) is 0 Å². The summed E-state index contributed by atoms with van der Waals surface area (Å²) in [5.41, 5.74) is 0.896. The summed E-state index contributed by atoms with van der Waals surface area (Å²) >= 11 is 0. The molecule has 0 atom stereocenters. The summed E-state index contributed by atoms with van der Waals surface area (Å²) in [5.74, 6) is -0.843. The van der Waals surface area contributed by atoms with Gasteiger partial charge >= 0.3 is 10.1 Å². The Bertz CT molecular complexity index is 1200. The van der Waals surface area contributed by atoms with Crippen LogP contribution >= 0.6 is 0 Å². The van der Waals surface area contributed by atoms with Gasteiger partial charge in [-0.1, -0.05) is 35.9 Å². The summed E-state index contributed by atoms with van der Waals surface area (Å²) in [4.78, 5) is 25.0. The Kier molecular flexibility index (Phi) is 4.65. The van der Waals surface area contributed by atoms with E-state index in [9.17, 15) is 18.0 Å². The molecule has 3 aromatic carbocycles. The van der Waals surface area contributed by atoms with Crippen LogP contribution in [0.3, 0.4) is 0 Å². The maximum Gasteiger partial charge on any atom is 0.318 e. The number of amides is 2. The number of benzene rings is 3. The third-order valence-electron chi connectivity index (χ3n) is 4.28. The van der Waals surface area contributed by atoms with Crippen molar-refractivity contribution in [3.63, 3.8) is 0 Å². The van der Waals surface area contributed by atoms with Gasteiger partial charge in [-0.15, -0.1) is 9.35 Å². The van der Waals surface area contributed by atoms with Crippen LogP contribution in [0.2, 0.25) is 0 Å². The molecule has 4 rings (SSSR count). The Morgan fingerprint density at radius 2 is 1.41 bits per heavy atom. The lowest BCUT2D eigenvalue weighted by Gasteiger charge is -2.13. The van der Waals surface area contributed by atoms with Crippen molar-refractivity contribution in [2.24, 2.45) is 0 Å². The van der Waals surface area contributed by atoms with Gasteiger partial charge in [0.2, 0.25) is 0 Å². The molecule has 3 aromatic rings. The van der Waals surface area contributed by atoms with Crippen LogP contribution in [0, 0.1) is 6.92 Å². The minimum Gasteiger partial charge on any atom is -0.457 e. The third kappa shape index (κ3) is 3.63. The highest BCUT2D eigenvalue weighted by Crippen LogP contribution is 2.30. The lowest BCUT2D eigenvalue weighted by atomic mass is 10.1. The molecule has 1 aliphatic heterocycles. The van der Waals surface area contributed by atoms with Crippen LogP contribution in [0.25, 0.3) is 0 Å². The van der Waals surface area contributed by atoms with Crippen molar-refractivity contribution in [2.45, 2.75) is 11.8 Å². The molecule has 29 heavy (non-hydrogen) atoms. The highest BCUT2D eigenvalue weighted by atomic mass is 32.2. The maximum absolute atomic E-state index is 12.6. The Hall–Kier alpha value is -3.49. The standard InChI is InChI=1S/C21H15NO6S/c1-14-7-10-17(11-8-14)29(25,26)28-22-20(23)18-12-9-16(13-19(18)21(22)24)27-15-5-3-2-4-6-15/h2-13H,1H3. The molecule has 1 aliphatic rings. The number of aryl methyl sites for hydroxylation is 1. The van der Waals surface area contributed by atoms with Gasteiger partial charge in [-0.05, 0) is 49.4 Å². The molecule has 0 spiro atoms. The van der Waals surface area contributed by atoms with Crippen molar-refractivity contribution in [3.05, 3.63) is 89.5 Å². The van der Waals surface area contributed by atoms with Gasteiger partial charge in [0, 0.05) is 0 Å². The largest absolute Gasteiger partial charge is 0.457 e. The second-order valence-corrected chi connectivity index (χ2v) is 7.90. The molecule has 0 bridgehead atoms. The van der Waals surface area contributed by atoms with E-state index in [0.717, 1.165) is 5.56 Å². The number of rotatable bonds is 5. The second kappa shape index (κ2) is 7.16. The molecule has 146 valence electrons. The van der Waals surface area contributed by atoms with E-state index < -0.39 is 21.9 Å². The van der Waals surface area contributed by atoms with E-state index in [0.29, 0.717) is 11.5 Å². The molecule has 0 saturated carbocycles. The van der Waals surface area contributed by atoms with Gasteiger partial charge in [-0.25, -0.2) is 0 Å². The van der Waals surface area contributed by atoms with Crippen molar-refractivity contribution >= 4 is 21.9 Å². The van der Waals surface area contributed by atoms with Crippen LogP contribution in [0.4, 0.5) is 0 Å². The number of ether oxygens (including phenoxy) is 1. The second-order valence-electron chi connectivity index (χ2n) is 6.37. The third-order valence-corrected chi connectivity index (χ3v) is 5.48. The zero-order chi connectivity index (χ0) is 20.6. The number of nitrogens with zero attached hydrogens (tertiary/aromatic N) is 1. The van der Waals surface area contributed by atoms with E-state index in [4.69, 9.17) is 9.02 Å². The number of carbonyl (C=O) groups excluding carboxylic acids is 2. The first-order valence-corrected chi connectivity index (χ1v) is 10.0. The average molecular weight is 409 g/mol. The quantitative estimate of drug-likeness (QED) is 0.597. The lowest BCUT2D eigenvalue weighted by Crippen LogP contribution is -2.32. The zero-order valence-corrected chi connectivity index (χ0v) is 16.0. The normalized spacial score (nSPS) is 13.5. The minimum atomic E-state index is -4.35. The minimum absolute atomic E-state index is 0.00235. The summed E-state index contributed by atoms with van der Waals surface area (Å²) < 4.78 is 35.4. The summed E-state index contributed by atoms with van der Waals surface area (Å²) in [6.07, 6.45) is 0. The number of imide groups is 1. The fourth-order valence-electron chi connectivity index (χ4n) is 2.80. The molecule has 0 unspecified atom stereocenters. The first kappa shape index (κ1) is 18.9. The van der Waals surface area contributed by atoms with Crippen LogP contribution in [-0.4, -0.2) is 25.3 Å². The first-order chi connectivity index (χ1) is 13.8. The molecule has 7 nitrogen and oxygen atoms in total. The molecule has 0 aliphatic carbocycles. The van der Waals surface area contributed by atoms with E-state index in [1.165, 1.54) is 30.3 Å². The summed E-state index contributed by atoms with van der Waals surface area (Å²) in [5, 5.41) is 0.256. The van der Waals surface area contributed by atoms with Crippen LogP contribution in [0.15, 0.2) is 77.7 Å². The molecule has 0 radical (unpaired) electrons. The Morgan fingerprint density at radius 3 is 2.10 bits per heavy atom. The number of carbonyl (C=O) groups is 2. The summed E-state index contributed by atoms with van der Waals surface area (Å²) in [7, 11) is -4.35. The van der Waals surface area contributed by atoms with Crippen LogP contribution in [0.1, 0.15) is 26.3 Å². The topological polar surface area (TPSA) is 90.0 Å². The monoisotopic (exact) mass is 409 g/mol. The number of hydrogen-bond donors (Lipinski definition) is 0. The maximum atomic E-state index is 12.6. The van der Waals surface area contributed by atoms with Crippen LogP contribution < -0.4 is 4.74 Å². The van der Waals surface area contributed by atoms with Crippen LogP contribution in [0.5, 0.6) is 11.5 Å². The number of fused-ring (bicyclic) bond motifs is 1. The zero-order valence-electron chi connectivity index (χ0n) is 15.2. The molecule has 0 fully saturated rings.